The molecule has 0 saturated carbocycles. The first kappa shape index (κ1) is 14.4. The van der Waals surface area contributed by atoms with E-state index in [0.717, 1.165) is 42.4 Å². The van der Waals surface area contributed by atoms with Gasteiger partial charge >= 0.3 is 0 Å². The maximum atomic E-state index is 5.75. The minimum absolute atomic E-state index is 0.817. The van der Waals surface area contributed by atoms with Gasteiger partial charge in [-0.3, -0.25) is 9.88 Å². The molecule has 23 heavy (non-hydrogen) atoms. The summed E-state index contributed by atoms with van der Waals surface area (Å²) in [6, 6.07) is 14.1. The van der Waals surface area contributed by atoms with Crippen molar-refractivity contribution in [3.63, 3.8) is 0 Å². The van der Waals surface area contributed by atoms with Crippen LogP contribution in [0.3, 0.4) is 0 Å². The van der Waals surface area contributed by atoms with E-state index in [1.807, 2.05) is 36.5 Å². The highest BCUT2D eigenvalue weighted by Crippen LogP contribution is 2.31. The Hall–Kier alpha value is -2.24. The molecule has 1 aliphatic heterocycles. The van der Waals surface area contributed by atoms with Crippen molar-refractivity contribution in [1.29, 1.82) is 0 Å². The van der Waals surface area contributed by atoms with Crippen LogP contribution in [0.25, 0.3) is 10.7 Å². The predicted octanol–water partition coefficient (Wildman–Crippen LogP) is 3.35. The number of fused-ring (bicyclic) bond motifs is 1. The zero-order valence-electron chi connectivity index (χ0n) is 12.8. The third kappa shape index (κ3) is 3.11. The minimum Gasteiger partial charge on any atom is -0.399 e. The molecule has 0 aliphatic carbocycles. The Bertz CT molecular complexity index is 796. The molecule has 4 rings (SSSR count). The summed E-state index contributed by atoms with van der Waals surface area (Å²) in [6.45, 7) is 2.96. The average molecular weight is 322 g/mol. The normalized spacial score (nSPS) is 14.6. The molecule has 0 spiro atoms. The van der Waals surface area contributed by atoms with Crippen molar-refractivity contribution >= 4 is 17.0 Å². The van der Waals surface area contributed by atoms with Gasteiger partial charge in [0.1, 0.15) is 5.01 Å². The second kappa shape index (κ2) is 6.10. The van der Waals surface area contributed by atoms with E-state index < -0.39 is 0 Å². The first-order valence-electron chi connectivity index (χ1n) is 7.75. The van der Waals surface area contributed by atoms with Gasteiger partial charge < -0.3 is 5.73 Å². The fraction of sp³-hybridized carbons (Fsp3) is 0.222. The molecule has 0 fully saturated rings. The van der Waals surface area contributed by atoms with Gasteiger partial charge in [0.2, 0.25) is 0 Å². The van der Waals surface area contributed by atoms with Crippen molar-refractivity contribution in [2.45, 2.75) is 19.5 Å². The Morgan fingerprint density at radius 3 is 2.78 bits per heavy atom. The molecule has 4 nitrogen and oxygen atoms in total. The average Bonchev–Trinajstić information content (AvgIpc) is 3.01. The van der Waals surface area contributed by atoms with Crippen LogP contribution in [-0.4, -0.2) is 21.4 Å². The highest BCUT2D eigenvalue weighted by Gasteiger charge is 2.21. The van der Waals surface area contributed by atoms with Crippen LogP contribution < -0.4 is 5.73 Å². The van der Waals surface area contributed by atoms with E-state index in [-0.39, 0.29) is 0 Å². The molecule has 116 valence electrons. The number of nitrogens with two attached hydrogens (primary N) is 1. The first-order valence-corrected chi connectivity index (χ1v) is 8.56. The molecular weight excluding hydrogens is 304 g/mol. The standard InChI is InChI=1S/C18H18N4S/c19-14-6-4-13(5-7-14)11-22-10-8-15-17(12-22)23-18(21-15)16-3-1-2-9-20-16/h1-7,9H,8,10-12,19H2. The molecule has 0 unspecified atom stereocenters. The van der Waals surface area contributed by atoms with E-state index in [4.69, 9.17) is 10.7 Å². The molecule has 0 saturated heterocycles. The molecule has 0 amide bonds. The summed E-state index contributed by atoms with van der Waals surface area (Å²) >= 11 is 1.77. The van der Waals surface area contributed by atoms with Crippen LogP contribution in [0, 0.1) is 0 Å². The van der Waals surface area contributed by atoms with E-state index in [2.05, 4.69) is 22.0 Å². The SMILES string of the molecule is Nc1ccc(CN2CCc3nc(-c4ccccn4)sc3C2)cc1. The van der Waals surface area contributed by atoms with Crippen LogP contribution >= 0.6 is 11.3 Å². The molecule has 0 radical (unpaired) electrons. The molecule has 0 bridgehead atoms. The Balaban J connectivity index is 1.51. The molecule has 3 heterocycles. The van der Waals surface area contributed by atoms with Crippen LogP contribution in [0.4, 0.5) is 5.69 Å². The van der Waals surface area contributed by atoms with Gasteiger partial charge in [-0.05, 0) is 29.8 Å². The van der Waals surface area contributed by atoms with Crippen molar-refractivity contribution < 1.29 is 0 Å². The van der Waals surface area contributed by atoms with Gasteiger partial charge in [-0.2, -0.15) is 0 Å². The highest BCUT2D eigenvalue weighted by atomic mass is 32.1. The zero-order valence-corrected chi connectivity index (χ0v) is 13.6. The summed E-state index contributed by atoms with van der Waals surface area (Å²) in [7, 11) is 0. The number of aromatic nitrogens is 2. The Morgan fingerprint density at radius 1 is 1.13 bits per heavy atom. The summed E-state index contributed by atoms with van der Waals surface area (Å²) in [4.78, 5) is 13.0. The Morgan fingerprint density at radius 2 is 2.00 bits per heavy atom. The van der Waals surface area contributed by atoms with Gasteiger partial charge in [0.05, 0.1) is 11.4 Å². The van der Waals surface area contributed by atoms with E-state index >= 15 is 0 Å². The summed E-state index contributed by atoms with van der Waals surface area (Å²) in [5.41, 5.74) is 10.1. The third-order valence-electron chi connectivity index (χ3n) is 4.08. The number of hydrogen-bond donors (Lipinski definition) is 1. The number of nitrogens with zero attached hydrogens (tertiary/aromatic N) is 3. The molecule has 3 aromatic rings. The highest BCUT2D eigenvalue weighted by molar-refractivity contribution is 7.15. The maximum Gasteiger partial charge on any atom is 0.142 e. The number of rotatable bonds is 3. The van der Waals surface area contributed by atoms with Crippen molar-refractivity contribution in [1.82, 2.24) is 14.9 Å². The van der Waals surface area contributed by atoms with Crippen LogP contribution in [0.5, 0.6) is 0 Å². The van der Waals surface area contributed by atoms with Gasteiger partial charge in [0.15, 0.2) is 0 Å². The largest absolute Gasteiger partial charge is 0.399 e. The second-order valence-electron chi connectivity index (χ2n) is 5.81. The van der Waals surface area contributed by atoms with E-state index in [9.17, 15) is 0 Å². The number of benzene rings is 1. The molecule has 2 aromatic heterocycles. The van der Waals surface area contributed by atoms with Crippen molar-refractivity contribution in [3.05, 3.63) is 64.8 Å². The van der Waals surface area contributed by atoms with E-state index in [0.29, 0.717) is 0 Å². The summed E-state index contributed by atoms with van der Waals surface area (Å²) < 4.78 is 0. The van der Waals surface area contributed by atoms with Gasteiger partial charge in [-0.1, -0.05) is 18.2 Å². The lowest BCUT2D eigenvalue weighted by Gasteiger charge is -2.25. The van der Waals surface area contributed by atoms with Gasteiger partial charge in [0, 0.05) is 42.8 Å². The lowest BCUT2D eigenvalue weighted by Crippen LogP contribution is -2.29. The number of thiazole rings is 1. The summed E-state index contributed by atoms with van der Waals surface area (Å²) in [5, 5.41) is 1.03. The van der Waals surface area contributed by atoms with Gasteiger partial charge in [-0.15, -0.1) is 11.3 Å². The maximum absolute atomic E-state index is 5.75. The number of nitrogen functional groups attached to an aromatic ring is 1. The van der Waals surface area contributed by atoms with Gasteiger partial charge in [-0.25, -0.2) is 4.98 Å². The number of anilines is 1. The van der Waals surface area contributed by atoms with E-state index in [1.165, 1.54) is 16.1 Å². The molecule has 1 aliphatic rings. The van der Waals surface area contributed by atoms with Crippen LogP contribution in [0.1, 0.15) is 16.1 Å². The van der Waals surface area contributed by atoms with Crippen molar-refractivity contribution in [2.75, 3.05) is 12.3 Å². The van der Waals surface area contributed by atoms with Crippen molar-refractivity contribution in [2.24, 2.45) is 0 Å². The van der Waals surface area contributed by atoms with Crippen LogP contribution in [-0.2, 0) is 19.5 Å². The van der Waals surface area contributed by atoms with Crippen LogP contribution in [0.2, 0.25) is 0 Å². The fourth-order valence-electron chi connectivity index (χ4n) is 2.86. The molecule has 1 aromatic carbocycles. The molecular formula is C18H18N4S. The minimum atomic E-state index is 0.817. The lowest BCUT2D eigenvalue weighted by molar-refractivity contribution is 0.247. The third-order valence-corrected chi connectivity index (χ3v) is 5.19. The smallest absolute Gasteiger partial charge is 0.142 e. The fourth-order valence-corrected chi connectivity index (χ4v) is 3.99. The number of pyridine rings is 1. The lowest BCUT2D eigenvalue weighted by atomic mass is 10.1. The molecule has 0 atom stereocenters. The molecule has 5 heteroatoms. The summed E-state index contributed by atoms with van der Waals surface area (Å²) in [5.74, 6) is 0. The Kier molecular flexibility index (Phi) is 3.81. The summed E-state index contributed by atoms with van der Waals surface area (Å²) in [6.07, 6.45) is 2.83. The van der Waals surface area contributed by atoms with Gasteiger partial charge in [0.25, 0.3) is 0 Å². The topological polar surface area (TPSA) is 55.0 Å². The quantitative estimate of drug-likeness (QED) is 0.751. The molecule has 2 N–H and O–H groups in total. The first-order chi connectivity index (χ1) is 11.3. The van der Waals surface area contributed by atoms with Crippen LogP contribution in [0.15, 0.2) is 48.7 Å². The number of hydrogen-bond acceptors (Lipinski definition) is 5. The zero-order chi connectivity index (χ0) is 15.6. The predicted molar refractivity (Wildman–Crippen MR) is 94.0 cm³/mol. The van der Waals surface area contributed by atoms with Crippen molar-refractivity contribution in [3.8, 4) is 10.7 Å². The Labute approximate surface area is 139 Å². The monoisotopic (exact) mass is 322 g/mol. The second-order valence-corrected chi connectivity index (χ2v) is 6.89. The van der Waals surface area contributed by atoms with E-state index in [1.54, 1.807) is 11.3 Å².